The van der Waals surface area contributed by atoms with Crippen molar-refractivity contribution in [3.63, 3.8) is 0 Å². The van der Waals surface area contributed by atoms with E-state index in [1.807, 2.05) is 18.2 Å². The van der Waals surface area contributed by atoms with Crippen LogP contribution in [0.4, 0.5) is 0 Å². The summed E-state index contributed by atoms with van der Waals surface area (Å²) in [4.78, 5) is 2.55. The molecule has 0 bridgehead atoms. The maximum absolute atomic E-state index is 9.91. The first kappa shape index (κ1) is 14.4. The Morgan fingerprint density at radius 3 is 2.63 bits per heavy atom. The Morgan fingerprint density at radius 1 is 1.32 bits per heavy atom. The molecule has 2 rings (SSSR count). The molecule has 1 fully saturated rings. The summed E-state index contributed by atoms with van der Waals surface area (Å²) in [5, 5.41) is 13.5. The molecule has 0 amide bonds. The summed E-state index contributed by atoms with van der Waals surface area (Å²) in [6.45, 7) is 7.61. The molecule has 1 aliphatic rings. The van der Waals surface area contributed by atoms with Crippen molar-refractivity contribution in [1.29, 1.82) is 0 Å². The molecule has 0 radical (unpaired) electrons. The van der Waals surface area contributed by atoms with Gasteiger partial charge in [-0.05, 0) is 31.9 Å². The van der Waals surface area contributed by atoms with Gasteiger partial charge in [0.25, 0.3) is 0 Å². The maximum Gasteiger partial charge on any atom is 0.120 e. The zero-order chi connectivity index (χ0) is 13.7. The first-order valence-corrected chi connectivity index (χ1v) is 7.51. The predicted octanol–water partition coefficient (Wildman–Crippen LogP) is 2.92. The van der Waals surface area contributed by atoms with Gasteiger partial charge in [-0.2, -0.15) is 0 Å². The molecular weight excluding hydrogens is 236 g/mol. The van der Waals surface area contributed by atoms with Crippen molar-refractivity contribution in [3.8, 4) is 5.75 Å². The van der Waals surface area contributed by atoms with Crippen molar-refractivity contribution in [2.45, 2.75) is 45.2 Å². The zero-order valence-corrected chi connectivity index (χ0v) is 12.1. The van der Waals surface area contributed by atoms with E-state index in [1.165, 1.54) is 12.8 Å². The average molecular weight is 262 g/mol. The molecule has 0 heterocycles. The minimum absolute atomic E-state index is 0.249. The Balaban J connectivity index is 1.84. The lowest BCUT2D eigenvalue weighted by atomic mass is 10.0. The molecule has 19 heavy (non-hydrogen) atoms. The van der Waals surface area contributed by atoms with Crippen LogP contribution in [0.15, 0.2) is 24.3 Å². The first-order chi connectivity index (χ1) is 9.26. The summed E-state index contributed by atoms with van der Waals surface area (Å²) in [5.74, 6) is 0.399. The van der Waals surface area contributed by atoms with Crippen molar-refractivity contribution in [1.82, 2.24) is 10.2 Å². The first-order valence-electron chi connectivity index (χ1n) is 7.51. The van der Waals surface area contributed by atoms with Crippen LogP contribution in [0.5, 0.6) is 5.75 Å². The quantitative estimate of drug-likeness (QED) is 0.756. The maximum atomic E-state index is 9.91. The second-order valence-corrected chi connectivity index (χ2v) is 5.33. The number of aromatic hydroxyl groups is 1. The number of hydrogen-bond donors (Lipinski definition) is 2. The van der Waals surface area contributed by atoms with E-state index in [-0.39, 0.29) is 6.04 Å². The summed E-state index contributed by atoms with van der Waals surface area (Å²) < 4.78 is 0. The number of phenols is 1. The summed E-state index contributed by atoms with van der Waals surface area (Å²) in [6.07, 6.45) is 3.72. The Hall–Kier alpha value is -1.06. The van der Waals surface area contributed by atoms with E-state index >= 15 is 0 Å². The van der Waals surface area contributed by atoms with Gasteiger partial charge < -0.3 is 10.4 Å². The molecule has 3 heteroatoms. The molecule has 1 aromatic carbocycles. The fourth-order valence-corrected chi connectivity index (χ4v) is 2.68. The van der Waals surface area contributed by atoms with Gasteiger partial charge in [-0.25, -0.2) is 0 Å². The van der Waals surface area contributed by atoms with Crippen LogP contribution >= 0.6 is 0 Å². The lowest BCUT2D eigenvalue weighted by molar-refractivity contribution is 0.271. The number of para-hydroxylation sites is 1. The molecule has 1 saturated carbocycles. The summed E-state index contributed by atoms with van der Waals surface area (Å²) in [7, 11) is 0. The van der Waals surface area contributed by atoms with E-state index < -0.39 is 0 Å². The number of hydrogen-bond acceptors (Lipinski definition) is 3. The van der Waals surface area contributed by atoms with Crippen LogP contribution in [0.3, 0.4) is 0 Å². The normalized spacial score (nSPS) is 16.8. The molecule has 2 N–H and O–H groups in total. The second kappa shape index (κ2) is 6.92. The zero-order valence-electron chi connectivity index (χ0n) is 12.1. The third kappa shape index (κ3) is 3.95. The molecule has 1 unspecified atom stereocenters. The van der Waals surface area contributed by atoms with Gasteiger partial charge in [0.15, 0.2) is 0 Å². The van der Waals surface area contributed by atoms with Crippen LogP contribution in [0.2, 0.25) is 0 Å². The molecule has 0 aromatic heterocycles. The number of benzene rings is 1. The molecule has 3 nitrogen and oxygen atoms in total. The van der Waals surface area contributed by atoms with Crippen LogP contribution in [0.25, 0.3) is 0 Å². The van der Waals surface area contributed by atoms with Crippen LogP contribution in [0.1, 0.15) is 44.7 Å². The van der Waals surface area contributed by atoms with E-state index in [0.29, 0.717) is 5.75 Å². The van der Waals surface area contributed by atoms with Gasteiger partial charge in [0, 0.05) is 30.7 Å². The Bertz CT molecular complexity index is 390. The molecule has 1 atom stereocenters. The van der Waals surface area contributed by atoms with Crippen LogP contribution in [0, 0.1) is 0 Å². The number of nitrogens with zero attached hydrogens (tertiary/aromatic N) is 1. The third-order valence-corrected chi connectivity index (χ3v) is 3.98. The highest BCUT2D eigenvalue weighted by Gasteiger charge is 2.27. The lowest BCUT2D eigenvalue weighted by Gasteiger charge is -2.23. The molecule has 1 aromatic rings. The number of nitrogens with one attached hydrogen (secondary N) is 1. The molecule has 0 saturated heterocycles. The number of likely N-dealkylation sites (N-methyl/N-ethyl adjacent to an activating group) is 1. The second-order valence-electron chi connectivity index (χ2n) is 5.33. The van der Waals surface area contributed by atoms with E-state index in [0.717, 1.165) is 37.7 Å². The van der Waals surface area contributed by atoms with Gasteiger partial charge in [-0.1, -0.05) is 32.0 Å². The fraction of sp³-hybridized carbons (Fsp3) is 0.625. The number of rotatable bonds is 8. The van der Waals surface area contributed by atoms with Crippen molar-refractivity contribution in [3.05, 3.63) is 29.8 Å². The van der Waals surface area contributed by atoms with E-state index in [1.54, 1.807) is 6.07 Å². The van der Waals surface area contributed by atoms with Crippen molar-refractivity contribution in [2.75, 3.05) is 19.6 Å². The van der Waals surface area contributed by atoms with Crippen molar-refractivity contribution >= 4 is 0 Å². The highest BCUT2D eigenvalue weighted by molar-refractivity contribution is 5.34. The van der Waals surface area contributed by atoms with Gasteiger partial charge in [0.2, 0.25) is 0 Å². The van der Waals surface area contributed by atoms with E-state index in [4.69, 9.17) is 0 Å². The Labute approximate surface area is 116 Å². The third-order valence-electron chi connectivity index (χ3n) is 3.98. The molecule has 106 valence electrons. The lowest BCUT2D eigenvalue weighted by Crippen LogP contribution is -2.35. The van der Waals surface area contributed by atoms with Crippen LogP contribution in [-0.2, 0) is 0 Å². The van der Waals surface area contributed by atoms with Crippen molar-refractivity contribution in [2.24, 2.45) is 0 Å². The summed E-state index contributed by atoms with van der Waals surface area (Å²) >= 11 is 0. The number of phenolic OH excluding ortho intramolecular Hbond substituents is 1. The van der Waals surface area contributed by atoms with Gasteiger partial charge >= 0.3 is 0 Å². The van der Waals surface area contributed by atoms with E-state index in [2.05, 4.69) is 24.1 Å². The topological polar surface area (TPSA) is 35.5 Å². The highest BCUT2D eigenvalue weighted by atomic mass is 16.3. The SMILES string of the molecule is CCC(NCCN(CC)C1CC1)c1ccccc1O. The monoisotopic (exact) mass is 262 g/mol. The van der Waals surface area contributed by atoms with Crippen LogP contribution < -0.4 is 5.32 Å². The largest absolute Gasteiger partial charge is 0.508 e. The van der Waals surface area contributed by atoms with Gasteiger partial charge in [0.05, 0.1) is 0 Å². The van der Waals surface area contributed by atoms with Gasteiger partial charge in [-0.15, -0.1) is 0 Å². The minimum atomic E-state index is 0.249. The van der Waals surface area contributed by atoms with E-state index in [9.17, 15) is 5.11 Å². The molecule has 1 aliphatic carbocycles. The van der Waals surface area contributed by atoms with Crippen molar-refractivity contribution < 1.29 is 5.11 Å². The average Bonchev–Trinajstić information content (AvgIpc) is 3.25. The fourth-order valence-electron chi connectivity index (χ4n) is 2.68. The van der Waals surface area contributed by atoms with Gasteiger partial charge in [-0.3, -0.25) is 4.90 Å². The Kier molecular flexibility index (Phi) is 5.23. The van der Waals surface area contributed by atoms with Crippen LogP contribution in [-0.4, -0.2) is 35.7 Å². The van der Waals surface area contributed by atoms with Gasteiger partial charge in [0.1, 0.15) is 5.75 Å². The molecule has 0 spiro atoms. The Morgan fingerprint density at radius 2 is 2.05 bits per heavy atom. The predicted molar refractivity (Wildman–Crippen MR) is 79.4 cm³/mol. The molecular formula is C16H26N2O. The smallest absolute Gasteiger partial charge is 0.120 e. The highest BCUT2D eigenvalue weighted by Crippen LogP contribution is 2.27. The standard InChI is InChI=1S/C16H26N2O/c1-3-15(14-7-5-6-8-16(14)19)17-11-12-18(4-2)13-9-10-13/h5-8,13,15,17,19H,3-4,9-12H2,1-2H3. The minimum Gasteiger partial charge on any atom is -0.508 e. The summed E-state index contributed by atoms with van der Waals surface area (Å²) in [5.41, 5.74) is 1.01. The summed E-state index contributed by atoms with van der Waals surface area (Å²) in [6, 6.07) is 8.72. The molecule has 0 aliphatic heterocycles.